The van der Waals surface area contributed by atoms with Gasteiger partial charge in [-0.05, 0) is 23.8 Å². The summed E-state index contributed by atoms with van der Waals surface area (Å²) in [6.07, 6.45) is -0.375. The topological polar surface area (TPSA) is 110 Å². The van der Waals surface area contributed by atoms with Gasteiger partial charge in [0.1, 0.15) is 0 Å². The lowest BCUT2D eigenvalue weighted by Crippen LogP contribution is -2.30. The monoisotopic (exact) mass is 382 g/mol. The molecule has 0 aliphatic heterocycles. The van der Waals surface area contributed by atoms with E-state index in [0.29, 0.717) is 10.6 Å². The molecule has 0 radical (unpaired) electrons. The van der Waals surface area contributed by atoms with Crippen LogP contribution in [0.2, 0.25) is 10.0 Å². The highest BCUT2D eigenvalue weighted by molar-refractivity contribution is 6.34. The number of aliphatic carboxylic acids is 1. The summed E-state index contributed by atoms with van der Waals surface area (Å²) in [7, 11) is 0. The number of carboxylic acid groups (broad SMARTS) is 1. The minimum Gasteiger partial charge on any atom is -0.481 e. The number of halogens is 2. The Labute approximate surface area is 152 Å². The van der Waals surface area contributed by atoms with Crippen molar-refractivity contribution in [1.82, 2.24) is 5.32 Å². The third-order valence-corrected chi connectivity index (χ3v) is 3.94. The predicted octanol–water partition coefficient (Wildman–Crippen LogP) is 3.85. The summed E-state index contributed by atoms with van der Waals surface area (Å²) in [6.45, 7) is 0. The molecule has 2 N–H and O–H groups in total. The first-order valence-corrected chi connectivity index (χ1v) is 7.75. The zero-order valence-corrected chi connectivity index (χ0v) is 14.1. The van der Waals surface area contributed by atoms with Crippen LogP contribution in [0.15, 0.2) is 42.5 Å². The summed E-state index contributed by atoms with van der Waals surface area (Å²) < 4.78 is 0. The van der Waals surface area contributed by atoms with E-state index in [1.54, 1.807) is 24.3 Å². The Morgan fingerprint density at radius 2 is 1.80 bits per heavy atom. The van der Waals surface area contributed by atoms with Crippen molar-refractivity contribution in [3.63, 3.8) is 0 Å². The van der Waals surface area contributed by atoms with Crippen molar-refractivity contribution in [2.45, 2.75) is 12.5 Å². The van der Waals surface area contributed by atoms with Gasteiger partial charge in [0, 0.05) is 17.2 Å². The Morgan fingerprint density at radius 1 is 1.16 bits per heavy atom. The second-order valence-corrected chi connectivity index (χ2v) is 5.94. The average molecular weight is 383 g/mol. The number of carbonyl (C=O) groups is 2. The van der Waals surface area contributed by atoms with E-state index in [1.165, 1.54) is 12.1 Å². The van der Waals surface area contributed by atoms with Crippen molar-refractivity contribution < 1.29 is 19.6 Å². The van der Waals surface area contributed by atoms with Crippen LogP contribution in [-0.4, -0.2) is 21.9 Å². The average Bonchev–Trinajstić information content (AvgIpc) is 2.54. The molecule has 1 amide bonds. The largest absolute Gasteiger partial charge is 0.481 e. The molecular formula is C16H12Cl2N2O5. The van der Waals surface area contributed by atoms with Gasteiger partial charge in [0.05, 0.1) is 28.0 Å². The van der Waals surface area contributed by atoms with Crippen LogP contribution in [0, 0.1) is 10.1 Å². The minimum atomic E-state index is -1.12. The number of hydrogen-bond acceptors (Lipinski definition) is 4. The standard InChI is InChI=1S/C16H12Cl2N2O5/c17-10-3-1-9(2-4-10)14(8-15(21)22)19-16(23)12-7-11(20(24)25)5-6-13(12)18/h1-7,14H,8H2,(H,19,23)(H,21,22)/t14-/m1/s1. The molecule has 0 heterocycles. The molecule has 0 saturated carbocycles. The Bertz CT molecular complexity index is 824. The zero-order chi connectivity index (χ0) is 18.6. The summed E-state index contributed by atoms with van der Waals surface area (Å²) in [5.41, 5.74) is 0.123. The lowest BCUT2D eigenvalue weighted by atomic mass is 10.0. The number of nitrogens with one attached hydrogen (secondary N) is 1. The normalized spacial score (nSPS) is 11.6. The lowest BCUT2D eigenvalue weighted by Gasteiger charge is -2.18. The van der Waals surface area contributed by atoms with E-state index in [4.69, 9.17) is 28.3 Å². The van der Waals surface area contributed by atoms with Gasteiger partial charge in [0.15, 0.2) is 0 Å². The van der Waals surface area contributed by atoms with Gasteiger partial charge in [-0.25, -0.2) is 0 Å². The van der Waals surface area contributed by atoms with E-state index < -0.39 is 22.8 Å². The fourth-order valence-corrected chi connectivity index (χ4v) is 2.49. The molecule has 2 rings (SSSR count). The summed E-state index contributed by atoms with van der Waals surface area (Å²) in [5.74, 6) is -1.83. The maximum absolute atomic E-state index is 12.4. The molecule has 1 atom stereocenters. The van der Waals surface area contributed by atoms with Gasteiger partial charge < -0.3 is 10.4 Å². The maximum atomic E-state index is 12.4. The smallest absolute Gasteiger partial charge is 0.305 e. The highest BCUT2D eigenvalue weighted by Crippen LogP contribution is 2.24. The second kappa shape index (κ2) is 7.96. The summed E-state index contributed by atoms with van der Waals surface area (Å²) >= 11 is 11.7. The molecule has 2 aromatic rings. The quantitative estimate of drug-likeness (QED) is 0.582. The van der Waals surface area contributed by atoms with E-state index >= 15 is 0 Å². The third-order valence-electron chi connectivity index (χ3n) is 3.36. The zero-order valence-electron chi connectivity index (χ0n) is 12.6. The molecule has 0 bridgehead atoms. The molecule has 7 nitrogen and oxygen atoms in total. The van der Waals surface area contributed by atoms with Gasteiger partial charge in [-0.15, -0.1) is 0 Å². The number of nitro benzene ring substituents is 1. The fourth-order valence-electron chi connectivity index (χ4n) is 2.16. The van der Waals surface area contributed by atoms with Crippen LogP contribution in [0.25, 0.3) is 0 Å². The molecule has 2 aromatic carbocycles. The third kappa shape index (κ3) is 4.91. The van der Waals surface area contributed by atoms with Crippen molar-refractivity contribution in [2.24, 2.45) is 0 Å². The Kier molecular flexibility index (Phi) is 5.95. The van der Waals surface area contributed by atoms with Gasteiger partial charge in [0.25, 0.3) is 11.6 Å². The number of rotatable bonds is 6. The lowest BCUT2D eigenvalue weighted by molar-refractivity contribution is -0.384. The molecule has 9 heteroatoms. The maximum Gasteiger partial charge on any atom is 0.305 e. The van der Waals surface area contributed by atoms with Crippen LogP contribution < -0.4 is 5.32 Å². The highest BCUT2D eigenvalue weighted by atomic mass is 35.5. The first kappa shape index (κ1) is 18.7. The number of nitrogens with zero attached hydrogens (tertiary/aromatic N) is 1. The van der Waals surface area contributed by atoms with Crippen LogP contribution in [0.5, 0.6) is 0 Å². The first-order valence-electron chi connectivity index (χ1n) is 7.00. The van der Waals surface area contributed by atoms with Gasteiger partial charge in [-0.3, -0.25) is 19.7 Å². The number of benzene rings is 2. The number of nitro groups is 1. The molecule has 0 aliphatic rings. The van der Waals surface area contributed by atoms with Gasteiger partial charge in [0.2, 0.25) is 0 Å². The molecular weight excluding hydrogens is 371 g/mol. The van der Waals surface area contributed by atoms with Gasteiger partial charge in [-0.1, -0.05) is 35.3 Å². The van der Waals surface area contributed by atoms with Crippen molar-refractivity contribution in [3.8, 4) is 0 Å². The van der Waals surface area contributed by atoms with Crippen LogP contribution in [0.1, 0.15) is 28.4 Å². The number of carboxylic acids is 1. The Morgan fingerprint density at radius 3 is 2.36 bits per heavy atom. The molecule has 0 spiro atoms. The minimum absolute atomic E-state index is 0.0216. The van der Waals surface area contributed by atoms with Crippen molar-refractivity contribution >= 4 is 40.8 Å². The SMILES string of the molecule is O=C(O)C[C@@H](NC(=O)c1cc([N+](=O)[O-])ccc1Cl)c1ccc(Cl)cc1. The summed E-state index contributed by atoms with van der Waals surface area (Å²) in [5, 5.41) is 22.9. The predicted molar refractivity (Wildman–Crippen MR) is 92.0 cm³/mol. The molecule has 0 fully saturated rings. The highest BCUT2D eigenvalue weighted by Gasteiger charge is 2.22. The summed E-state index contributed by atoms with van der Waals surface area (Å²) in [6, 6.07) is 8.91. The van der Waals surface area contributed by atoms with Gasteiger partial charge in [-0.2, -0.15) is 0 Å². The van der Waals surface area contributed by atoms with E-state index in [1.807, 2.05) is 0 Å². The van der Waals surface area contributed by atoms with Crippen molar-refractivity contribution in [2.75, 3.05) is 0 Å². The molecule has 25 heavy (non-hydrogen) atoms. The van der Waals surface area contributed by atoms with E-state index in [-0.39, 0.29) is 22.7 Å². The van der Waals surface area contributed by atoms with Gasteiger partial charge >= 0.3 is 5.97 Å². The van der Waals surface area contributed by atoms with Crippen LogP contribution >= 0.6 is 23.2 Å². The second-order valence-electron chi connectivity index (χ2n) is 5.10. The van der Waals surface area contributed by atoms with E-state index in [0.717, 1.165) is 6.07 Å². The van der Waals surface area contributed by atoms with E-state index in [2.05, 4.69) is 5.32 Å². The number of non-ortho nitro benzene ring substituents is 1. The fraction of sp³-hybridized carbons (Fsp3) is 0.125. The summed E-state index contributed by atoms with van der Waals surface area (Å²) in [4.78, 5) is 33.7. The van der Waals surface area contributed by atoms with E-state index in [9.17, 15) is 19.7 Å². The molecule has 0 aliphatic carbocycles. The van der Waals surface area contributed by atoms with Crippen molar-refractivity contribution in [1.29, 1.82) is 0 Å². The Hall–Kier alpha value is -2.64. The Balaban J connectivity index is 2.30. The first-order chi connectivity index (χ1) is 11.8. The van der Waals surface area contributed by atoms with Crippen LogP contribution in [0.4, 0.5) is 5.69 Å². The molecule has 0 unspecified atom stereocenters. The van der Waals surface area contributed by atoms with Crippen molar-refractivity contribution in [3.05, 3.63) is 73.8 Å². The molecule has 0 saturated heterocycles. The molecule has 0 aromatic heterocycles. The van der Waals surface area contributed by atoms with Crippen LogP contribution in [0.3, 0.4) is 0 Å². The number of carbonyl (C=O) groups excluding carboxylic acids is 1. The number of hydrogen-bond donors (Lipinski definition) is 2. The molecule has 130 valence electrons. The number of amides is 1. The van der Waals surface area contributed by atoms with Crippen LogP contribution in [-0.2, 0) is 4.79 Å².